The smallest absolute Gasteiger partial charge is 0.261 e. The summed E-state index contributed by atoms with van der Waals surface area (Å²) in [6, 6.07) is 16.4. The molecule has 184 valence electrons. The first kappa shape index (κ1) is 24.6. The lowest BCUT2D eigenvalue weighted by Crippen LogP contribution is -2.24. The molecule has 1 fully saturated rings. The number of ether oxygens (including phenoxy) is 1. The van der Waals surface area contributed by atoms with Gasteiger partial charge in [0, 0.05) is 30.0 Å². The van der Waals surface area contributed by atoms with Gasteiger partial charge in [-0.05, 0) is 85.6 Å². The Bertz CT molecular complexity index is 1450. The number of rotatable bonds is 8. The molecule has 0 radical (unpaired) electrons. The van der Waals surface area contributed by atoms with E-state index in [2.05, 4.69) is 9.44 Å². The molecule has 0 aromatic heterocycles. The van der Waals surface area contributed by atoms with Crippen molar-refractivity contribution in [1.29, 1.82) is 0 Å². The molecule has 1 aliphatic heterocycles. The Morgan fingerprint density at radius 2 is 1.34 bits per heavy atom. The van der Waals surface area contributed by atoms with Crippen LogP contribution in [0.25, 0.3) is 0 Å². The quantitative estimate of drug-likeness (QED) is 0.471. The van der Waals surface area contributed by atoms with Gasteiger partial charge in [-0.3, -0.25) is 14.2 Å². The fraction of sp³-hybridized carbons (Fsp3) is 0.208. The first-order chi connectivity index (χ1) is 16.6. The molecular weight excluding hydrogens is 490 g/mol. The van der Waals surface area contributed by atoms with E-state index in [0.29, 0.717) is 35.7 Å². The monoisotopic (exact) mass is 515 g/mol. The summed E-state index contributed by atoms with van der Waals surface area (Å²) in [5, 5.41) is 0. The highest BCUT2D eigenvalue weighted by molar-refractivity contribution is 7.93. The van der Waals surface area contributed by atoms with Crippen LogP contribution in [0.5, 0.6) is 5.75 Å². The van der Waals surface area contributed by atoms with Gasteiger partial charge in [-0.15, -0.1) is 0 Å². The molecule has 0 atom stereocenters. The predicted octanol–water partition coefficient (Wildman–Crippen LogP) is 3.73. The molecule has 0 saturated carbocycles. The average molecular weight is 516 g/mol. The van der Waals surface area contributed by atoms with E-state index in [1.165, 1.54) is 43.5 Å². The van der Waals surface area contributed by atoms with Crippen molar-refractivity contribution < 1.29 is 26.4 Å². The molecule has 3 aromatic rings. The zero-order valence-corrected chi connectivity index (χ0v) is 20.8. The molecule has 11 heteroatoms. The number of anilines is 3. The molecule has 0 spiro atoms. The molecular formula is C24H25N3O6S2. The Labute approximate surface area is 204 Å². The number of carbonyl (C=O) groups excluding carboxylic acids is 1. The van der Waals surface area contributed by atoms with Crippen LogP contribution in [0, 0.1) is 6.92 Å². The summed E-state index contributed by atoms with van der Waals surface area (Å²) in [4.78, 5) is 13.7. The third-order valence-electron chi connectivity index (χ3n) is 5.60. The lowest BCUT2D eigenvalue weighted by atomic mass is 10.2. The molecule has 9 nitrogen and oxygen atoms in total. The number of amides is 1. The Kier molecular flexibility index (Phi) is 6.73. The second kappa shape index (κ2) is 9.59. The molecule has 1 aliphatic rings. The number of sulfonamides is 2. The number of hydrogen-bond donors (Lipinski definition) is 2. The number of hydrogen-bond acceptors (Lipinski definition) is 6. The predicted molar refractivity (Wildman–Crippen MR) is 134 cm³/mol. The molecule has 3 aromatic carbocycles. The summed E-state index contributed by atoms with van der Waals surface area (Å²) in [5.74, 6) is 0.623. The van der Waals surface area contributed by atoms with E-state index in [1.807, 2.05) is 0 Å². The molecule has 35 heavy (non-hydrogen) atoms. The Balaban J connectivity index is 1.48. The highest BCUT2D eigenvalue weighted by Crippen LogP contribution is 2.28. The number of aryl methyl sites for hydroxylation is 1. The van der Waals surface area contributed by atoms with Gasteiger partial charge in [-0.1, -0.05) is 0 Å². The van der Waals surface area contributed by atoms with E-state index < -0.39 is 20.0 Å². The van der Waals surface area contributed by atoms with Crippen LogP contribution in [0.2, 0.25) is 0 Å². The minimum atomic E-state index is -3.92. The Morgan fingerprint density at radius 3 is 1.86 bits per heavy atom. The minimum Gasteiger partial charge on any atom is -0.497 e. The third-order valence-corrected chi connectivity index (χ3v) is 8.38. The maximum absolute atomic E-state index is 12.9. The number of nitrogens with one attached hydrogen (secondary N) is 2. The Hall–Kier alpha value is -3.57. The zero-order valence-electron chi connectivity index (χ0n) is 19.2. The largest absolute Gasteiger partial charge is 0.497 e. The first-order valence-electron chi connectivity index (χ1n) is 10.8. The van der Waals surface area contributed by atoms with Gasteiger partial charge in [0.2, 0.25) is 5.91 Å². The van der Waals surface area contributed by atoms with Gasteiger partial charge in [0.1, 0.15) is 5.75 Å². The minimum absolute atomic E-state index is 0.0215. The van der Waals surface area contributed by atoms with E-state index >= 15 is 0 Å². The fourth-order valence-corrected chi connectivity index (χ4v) is 5.99. The lowest BCUT2D eigenvalue weighted by Gasteiger charge is -2.19. The van der Waals surface area contributed by atoms with Crippen molar-refractivity contribution in [3.05, 3.63) is 72.3 Å². The average Bonchev–Trinajstić information content (AvgIpc) is 3.25. The summed E-state index contributed by atoms with van der Waals surface area (Å²) < 4.78 is 61.1. The summed E-state index contributed by atoms with van der Waals surface area (Å²) in [6.07, 6.45) is 1.27. The molecule has 0 bridgehead atoms. The SMILES string of the molecule is COc1ccc(NS(=O)(=O)c2ccc(NS(=O)(=O)c3ccc(N4CCCC4=O)c(C)c3)cc2)cc1. The second-order valence-electron chi connectivity index (χ2n) is 8.06. The van der Waals surface area contributed by atoms with Gasteiger partial charge in [-0.2, -0.15) is 0 Å². The van der Waals surface area contributed by atoms with Gasteiger partial charge in [0.25, 0.3) is 20.0 Å². The molecule has 2 N–H and O–H groups in total. The molecule has 1 heterocycles. The van der Waals surface area contributed by atoms with Crippen molar-refractivity contribution in [2.24, 2.45) is 0 Å². The van der Waals surface area contributed by atoms with Crippen LogP contribution in [-0.2, 0) is 24.8 Å². The standard InChI is InChI=1S/C24H25N3O6S2/c1-17-16-22(13-14-23(17)27-15-3-4-24(27)28)35(31,32)26-19-7-11-21(12-8-19)34(29,30)25-18-5-9-20(33-2)10-6-18/h5-14,16,25-26H,3-4,15H2,1-2H3. The van der Waals surface area contributed by atoms with Crippen molar-refractivity contribution in [2.75, 3.05) is 28.0 Å². The van der Waals surface area contributed by atoms with Crippen LogP contribution in [0.4, 0.5) is 17.1 Å². The molecule has 1 amide bonds. The summed E-state index contributed by atoms with van der Waals surface area (Å²) in [5.41, 5.74) is 1.95. The maximum atomic E-state index is 12.9. The summed E-state index contributed by atoms with van der Waals surface area (Å²) in [6.45, 7) is 2.38. The number of benzene rings is 3. The van der Waals surface area contributed by atoms with Crippen LogP contribution in [-0.4, -0.2) is 36.4 Å². The normalized spacial score (nSPS) is 14.1. The zero-order chi connectivity index (χ0) is 25.2. The van der Waals surface area contributed by atoms with Crippen molar-refractivity contribution >= 4 is 43.0 Å². The molecule has 0 unspecified atom stereocenters. The number of methoxy groups -OCH3 is 1. The van der Waals surface area contributed by atoms with E-state index in [0.717, 1.165) is 6.42 Å². The topological polar surface area (TPSA) is 122 Å². The third kappa shape index (κ3) is 5.41. The van der Waals surface area contributed by atoms with E-state index in [-0.39, 0.29) is 21.4 Å². The van der Waals surface area contributed by atoms with Crippen LogP contribution in [0.3, 0.4) is 0 Å². The summed E-state index contributed by atoms with van der Waals surface area (Å²) in [7, 11) is -6.28. The van der Waals surface area contributed by atoms with E-state index in [1.54, 1.807) is 42.2 Å². The highest BCUT2D eigenvalue weighted by atomic mass is 32.2. The molecule has 1 saturated heterocycles. The fourth-order valence-electron chi connectivity index (χ4n) is 3.79. The van der Waals surface area contributed by atoms with Crippen molar-refractivity contribution in [3.63, 3.8) is 0 Å². The molecule has 4 rings (SSSR count). The number of nitrogens with zero attached hydrogens (tertiary/aromatic N) is 1. The van der Waals surface area contributed by atoms with Gasteiger partial charge < -0.3 is 9.64 Å². The van der Waals surface area contributed by atoms with Crippen LogP contribution in [0.15, 0.2) is 76.5 Å². The van der Waals surface area contributed by atoms with Crippen LogP contribution >= 0.6 is 0 Å². The van der Waals surface area contributed by atoms with Crippen molar-refractivity contribution in [3.8, 4) is 5.75 Å². The highest BCUT2D eigenvalue weighted by Gasteiger charge is 2.24. The van der Waals surface area contributed by atoms with Crippen LogP contribution < -0.4 is 19.1 Å². The summed E-state index contributed by atoms with van der Waals surface area (Å²) >= 11 is 0. The van der Waals surface area contributed by atoms with Gasteiger partial charge >= 0.3 is 0 Å². The van der Waals surface area contributed by atoms with Crippen molar-refractivity contribution in [2.45, 2.75) is 29.6 Å². The van der Waals surface area contributed by atoms with Gasteiger partial charge in [-0.25, -0.2) is 16.8 Å². The van der Waals surface area contributed by atoms with Crippen molar-refractivity contribution in [1.82, 2.24) is 0 Å². The second-order valence-corrected chi connectivity index (χ2v) is 11.4. The van der Waals surface area contributed by atoms with Gasteiger partial charge in [0.15, 0.2) is 0 Å². The van der Waals surface area contributed by atoms with E-state index in [9.17, 15) is 21.6 Å². The lowest BCUT2D eigenvalue weighted by molar-refractivity contribution is -0.117. The molecule has 0 aliphatic carbocycles. The van der Waals surface area contributed by atoms with Crippen LogP contribution in [0.1, 0.15) is 18.4 Å². The number of carbonyl (C=O) groups is 1. The first-order valence-corrected chi connectivity index (χ1v) is 13.8. The van der Waals surface area contributed by atoms with E-state index in [4.69, 9.17) is 4.74 Å². The Morgan fingerprint density at radius 1 is 0.800 bits per heavy atom. The maximum Gasteiger partial charge on any atom is 0.261 e. The van der Waals surface area contributed by atoms with Gasteiger partial charge in [0.05, 0.1) is 16.9 Å².